The summed E-state index contributed by atoms with van der Waals surface area (Å²) in [5.41, 5.74) is 1.09. The van der Waals surface area contributed by atoms with Crippen LogP contribution in [0.1, 0.15) is 5.56 Å². The summed E-state index contributed by atoms with van der Waals surface area (Å²) in [6.45, 7) is 0.407. The molecule has 1 radical (unpaired) electrons. The minimum atomic E-state index is -3.29. The second-order valence-corrected chi connectivity index (χ2v) is 5.31. The van der Waals surface area contributed by atoms with E-state index < -0.39 is 10.2 Å². The Balaban J connectivity index is 2.41. The van der Waals surface area contributed by atoms with Gasteiger partial charge in [-0.1, -0.05) is 24.3 Å². The first-order valence-electron chi connectivity index (χ1n) is 4.64. The zero-order chi connectivity index (χ0) is 11.3. The van der Waals surface area contributed by atoms with E-state index in [2.05, 4.69) is 10.8 Å². The smallest absolute Gasteiger partial charge is 0.202 e. The van der Waals surface area contributed by atoms with Gasteiger partial charge < -0.3 is 0 Å². The lowest BCUT2D eigenvalue weighted by Gasteiger charge is -2.11. The third-order valence-corrected chi connectivity index (χ3v) is 3.50. The average molecular weight is 227 g/mol. The second-order valence-electron chi connectivity index (χ2n) is 3.34. The third-order valence-electron chi connectivity index (χ3n) is 1.97. The molecule has 0 unspecified atom stereocenters. The largest absolute Gasteiger partial charge is 0.278 e. The Morgan fingerprint density at radius 2 is 1.93 bits per heavy atom. The van der Waals surface area contributed by atoms with E-state index in [0.717, 1.165) is 9.87 Å². The molecule has 0 fully saturated rings. The van der Waals surface area contributed by atoms with Crippen molar-refractivity contribution in [2.24, 2.45) is 0 Å². The molecule has 1 aromatic rings. The van der Waals surface area contributed by atoms with E-state index in [4.69, 9.17) is 0 Å². The van der Waals surface area contributed by atoms with Crippen molar-refractivity contribution in [3.63, 3.8) is 0 Å². The van der Waals surface area contributed by atoms with Crippen molar-refractivity contribution in [1.82, 2.24) is 9.03 Å². The maximum absolute atomic E-state index is 11.3. The van der Waals surface area contributed by atoms with Crippen LogP contribution in [-0.4, -0.2) is 33.4 Å². The lowest BCUT2D eigenvalue weighted by atomic mass is 10.2. The molecule has 0 atom stereocenters. The van der Waals surface area contributed by atoms with Crippen molar-refractivity contribution in [1.29, 1.82) is 0 Å². The van der Waals surface area contributed by atoms with Crippen LogP contribution in [0.2, 0.25) is 0 Å². The molecule has 0 aromatic heterocycles. The fourth-order valence-electron chi connectivity index (χ4n) is 1.04. The van der Waals surface area contributed by atoms with Gasteiger partial charge >= 0.3 is 0 Å². The van der Waals surface area contributed by atoms with E-state index in [9.17, 15) is 8.42 Å². The van der Waals surface area contributed by atoms with Gasteiger partial charge in [0.2, 0.25) is 0 Å². The summed E-state index contributed by atoms with van der Waals surface area (Å²) in [6, 6.07) is 10.4. The van der Waals surface area contributed by atoms with Crippen LogP contribution in [0.15, 0.2) is 24.3 Å². The number of benzene rings is 1. The zero-order valence-electron chi connectivity index (χ0n) is 8.90. The maximum atomic E-state index is 11.3. The Bertz CT molecular complexity index is 387. The van der Waals surface area contributed by atoms with Crippen LogP contribution < -0.4 is 4.72 Å². The average Bonchev–Trinajstić information content (AvgIpc) is 2.19. The van der Waals surface area contributed by atoms with Gasteiger partial charge in [-0.25, -0.2) is 4.72 Å². The van der Waals surface area contributed by atoms with Gasteiger partial charge in [-0.15, -0.1) is 0 Å². The Hall–Kier alpha value is -0.910. The fourth-order valence-corrected chi connectivity index (χ4v) is 1.66. The molecule has 83 valence electrons. The van der Waals surface area contributed by atoms with Crippen molar-refractivity contribution in [2.45, 2.75) is 6.42 Å². The Kier molecular flexibility index (Phi) is 4.26. The highest BCUT2D eigenvalue weighted by Gasteiger charge is 2.11. The molecule has 1 aromatic carbocycles. The van der Waals surface area contributed by atoms with Gasteiger partial charge in [0.15, 0.2) is 0 Å². The predicted octanol–water partition coefficient (Wildman–Crippen LogP) is 0.425. The molecule has 15 heavy (non-hydrogen) atoms. The lowest BCUT2D eigenvalue weighted by molar-refractivity contribution is 0.506. The van der Waals surface area contributed by atoms with Gasteiger partial charge in [-0.05, 0) is 18.1 Å². The van der Waals surface area contributed by atoms with E-state index >= 15 is 0 Å². The van der Waals surface area contributed by atoms with Crippen LogP contribution in [-0.2, 0) is 16.6 Å². The number of nitrogens with one attached hydrogen (secondary N) is 1. The molecule has 0 saturated heterocycles. The van der Waals surface area contributed by atoms with Crippen molar-refractivity contribution in [3.8, 4) is 0 Å². The van der Waals surface area contributed by atoms with Gasteiger partial charge in [0, 0.05) is 20.6 Å². The molecule has 1 rings (SSSR count). The topological polar surface area (TPSA) is 49.4 Å². The fraction of sp³-hybridized carbons (Fsp3) is 0.400. The highest BCUT2D eigenvalue weighted by Crippen LogP contribution is 1.98. The van der Waals surface area contributed by atoms with Crippen molar-refractivity contribution in [3.05, 3.63) is 35.9 Å². The number of hydrogen-bond donors (Lipinski definition) is 1. The van der Waals surface area contributed by atoms with Gasteiger partial charge in [0.1, 0.15) is 0 Å². The summed E-state index contributed by atoms with van der Waals surface area (Å²) in [4.78, 5) is 0. The molecule has 0 amide bonds. The van der Waals surface area contributed by atoms with Gasteiger partial charge in [-0.3, -0.25) is 0 Å². The molecule has 0 saturated carbocycles. The van der Waals surface area contributed by atoms with Crippen LogP contribution in [0.4, 0.5) is 0 Å². The van der Waals surface area contributed by atoms with Crippen LogP contribution in [0.25, 0.3) is 0 Å². The van der Waals surface area contributed by atoms with E-state index in [1.165, 1.54) is 14.1 Å². The summed E-state index contributed by atoms with van der Waals surface area (Å²) in [5, 5.41) is 0. The first-order valence-corrected chi connectivity index (χ1v) is 6.08. The maximum Gasteiger partial charge on any atom is 0.278 e. The van der Waals surface area contributed by atoms with Crippen molar-refractivity contribution in [2.75, 3.05) is 20.6 Å². The standard InChI is InChI=1S/C10H15N2O2S/c1-12(2)15(13,14)11-9-8-10-6-4-3-5-7-10/h4-7,11H,8-9H2,1-2H3. The summed E-state index contributed by atoms with van der Waals surface area (Å²) < 4.78 is 26.3. The van der Waals surface area contributed by atoms with Crippen LogP contribution in [0.5, 0.6) is 0 Å². The van der Waals surface area contributed by atoms with Crippen LogP contribution in [0.3, 0.4) is 0 Å². The van der Waals surface area contributed by atoms with E-state index in [1.54, 1.807) is 0 Å². The second kappa shape index (κ2) is 5.25. The minimum absolute atomic E-state index is 0.407. The molecular formula is C10H15N2O2S. The molecular weight excluding hydrogens is 212 g/mol. The normalized spacial score (nSPS) is 11.9. The molecule has 5 heteroatoms. The quantitative estimate of drug-likeness (QED) is 0.793. The van der Waals surface area contributed by atoms with Crippen molar-refractivity contribution < 1.29 is 8.42 Å². The van der Waals surface area contributed by atoms with E-state index in [0.29, 0.717) is 13.0 Å². The molecule has 1 N–H and O–H groups in total. The SMILES string of the molecule is CN(C)S(=O)(=O)NCCc1cc[c]cc1. The minimum Gasteiger partial charge on any atom is -0.202 e. The molecule has 0 aliphatic carbocycles. The third kappa shape index (κ3) is 3.99. The lowest BCUT2D eigenvalue weighted by Crippen LogP contribution is -2.36. The van der Waals surface area contributed by atoms with Crippen LogP contribution in [0, 0.1) is 6.07 Å². The molecule has 4 nitrogen and oxygen atoms in total. The summed E-state index contributed by atoms with van der Waals surface area (Å²) in [6.07, 6.45) is 0.682. The molecule has 0 spiro atoms. The zero-order valence-corrected chi connectivity index (χ0v) is 9.71. The molecule has 0 aliphatic rings. The monoisotopic (exact) mass is 227 g/mol. The van der Waals surface area contributed by atoms with E-state index in [1.807, 2.05) is 24.3 Å². The first-order chi connectivity index (χ1) is 7.02. The predicted molar refractivity (Wildman–Crippen MR) is 59.6 cm³/mol. The summed E-state index contributed by atoms with van der Waals surface area (Å²) >= 11 is 0. The highest BCUT2D eigenvalue weighted by molar-refractivity contribution is 7.87. The molecule has 0 heterocycles. The number of hydrogen-bond acceptors (Lipinski definition) is 2. The van der Waals surface area contributed by atoms with Crippen molar-refractivity contribution >= 4 is 10.2 Å². The van der Waals surface area contributed by atoms with Gasteiger partial charge in [0.25, 0.3) is 10.2 Å². The Morgan fingerprint density at radius 1 is 1.33 bits per heavy atom. The number of nitrogens with zero attached hydrogens (tertiary/aromatic N) is 1. The van der Waals surface area contributed by atoms with Gasteiger partial charge in [-0.2, -0.15) is 12.7 Å². The Labute approximate surface area is 91.1 Å². The van der Waals surface area contributed by atoms with E-state index in [-0.39, 0.29) is 0 Å². The van der Waals surface area contributed by atoms with Gasteiger partial charge in [0.05, 0.1) is 0 Å². The molecule has 0 aliphatic heterocycles. The first kappa shape index (κ1) is 12.2. The van der Waals surface area contributed by atoms with Crippen LogP contribution >= 0.6 is 0 Å². The number of rotatable bonds is 5. The molecule has 0 bridgehead atoms. The summed E-state index contributed by atoms with van der Waals surface area (Å²) in [7, 11) is -0.293. The highest BCUT2D eigenvalue weighted by atomic mass is 32.2. The Morgan fingerprint density at radius 3 is 2.47 bits per heavy atom. The summed E-state index contributed by atoms with van der Waals surface area (Å²) in [5.74, 6) is 0.